The molecule has 1 aliphatic rings. The van der Waals surface area contributed by atoms with Gasteiger partial charge >= 0.3 is 0 Å². The van der Waals surface area contributed by atoms with Crippen LogP contribution in [-0.2, 0) is 13.6 Å². The Balaban J connectivity index is 1.47. The molecule has 5 heteroatoms. The van der Waals surface area contributed by atoms with Crippen LogP contribution in [0.2, 0.25) is 0 Å². The average molecular weight is 312 g/mol. The van der Waals surface area contributed by atoms with E-state index in [9.17, 15) is 0 Å². The minimum Gasteiger partial charge on any atom is -0.331 e. The average Bonchev–Trinajstić information content (AvgIpc) is 3.17. The Labute approximate surface area is 134 Å². The summed E-state index contributed by atoms with van der Waals surface area (Å²) < 4.78 is 2.28. The molecule has 1 saturated heterocycles. The van der Waals surface area contributed by atoms with Crippen molar-refractivity contribution in [2.45, 2.75) is 25.3 Å². The molecule has 3 aromatic rings. The molecule has 0 unspecified atom stereocenters. The van der Waals surface area contributed by atoms with Crippen LogP contribution < -0.4 is 0 Å². The molecular weight excluding hydrogens is 292 g/mol. The Kier molecular flexibility index (Phi) is 3.68. The van der Waals surface area contributed by atoms with Gasteiger partial charge in [-0.1, -0.05) is 12.1 Å². The Morgan fingerprint density at radius 2 is 2.05 bits per heavy atom. The largest absolute Gasteiger partial charge is 0.331 e. The zero-order chi connectivity index (χ0) is 14.9. The van der Waals surface area contributed by atoms with E-state index in [4.69, 9.17) is 4.98 Å². The highest BCUT2D eigenvalue weighted by Gasteiger charge is 2.24. The molecule has 0 aliphatic carbocycles. The van der Waals surface area contributed by atoms with Crippen LogP contribution in [0.3, 0.4) is 0 Å². The molecule has 0 atom stereocenters. The summed E-state index contributed by atoms with van der Waals surface area (Å²) in [6, 6.07) is 8.42. The molecule has 4 rings (SSSR count). The lowest BCUT2D eigenvalue weighted by atomic mass is 9.96. The first-order valence-corrected chi connectivity index (χ1v) is 8.70. The number of benzene rings is 1. The van der Waals surface area contributed by atoms with E-state index in [1.807, 2.05) is 11.7 Å². The molecule has 0 bridgehead atoms. The summed E-state index contributed by atoms with van der Waals surface area (Å²) in [6.07, 6.45) is 4.37. The molecule has 0 N–H and O–H groups in total. The Hall–Kier alpha value is -1.72. The highest BCUT2D eigenvalue weighted by Crippen LogP contribution is 2.30. The molecule has 22 heavy (non-hydrogen) atoms. The lowest BCUT2D eigenvalue weighted by Gasteiger charge is -2.31. The van der Waals surface area contributed by atoms with E-state index in [-0.39, 0.29) is 0 Å². The number of aromatic nitrogens is 3. The summed E-state index contributed by atoms with van der Waals surface area (Å²) in [5, 5.41) is 0. The summed E-state index contributed by atoms with van der Waals surface area (Å²) in [7, 11) is 2.15. The summed E-state index contributed by atoms with van der Waals surface area (Å²) in [5.41, 5.74) is 4.28. The minimum atomic E-state index is 0.579. The highest BCUT2D eigenvalue weighted by atomic mass is 32.1. The molecule has 2 aromatic heterocycles. The maximum Gasteiger partial charge on any atom is 0.112 e. The number of para-hydroxylation sites is 2. The van der Waals surface area contributed by atoms with Crippen LogP contribution in [0.1, 0.15) is 29.5 Å². The van der Waals surface area contributed by atoms with Crippen molar-refractivity contribution in [1.82, 2.24) is 19.4 Å². The van der Waals surface area contributed by atoms with Crippen molar-refractivity contribution in [1.29, 1.82) is 0 Å². The SMILES string of the molecule is Cn1c(C2CCN(Cc3cncs3)CC2)nc2ccccc21. The Morgan fingerprint density at radius 3 is 2.77 bits per heavy atom. The van der Waals surface area contributed by atoms with E-state index in [2.05, 4.69) is 45.8 Å². The summed E-state index contributed by atoms with van der Waals surface area (Å²) in [5.74, 6) is 1.83. The topological polar surface area (TPSA) is 34.0 Å². The van der Waals surface area contributed by atoms with Gasteiger partial charge in [-0.3, -0.25) is 9.88 Å². The van der Waals surface area contributed by atoms with Gasteiger partial charge in [0.05, 0.1) is 16.5 Å². The third kappa shape index (κ3) is 2.55. The van der Waals surface area contributed by atoms with E-state index < -0.39 is 0 Å². The molecule has 1 fully saturated rings. The summed E-state index contributed by atoms with van der Waals surface area (Å²) in [6.45, 7) is 3.33. The van der Waals surface area contributed by atoms with Crippen molar-refractivity contribution < 1.29 is 0 Å². The van der Waals surface area contributed by atoms with E-state index in [0.29, 0.717) is 5.92 Å². The molecule has 0 spiro atoms. The summed E-state index contributed by atoms with van der Waals surface area (Å²) >= 11 is 1.75. The zero-order valence-corrected chi connectivity index (χ0v) is 13.6. The van der Waals surface area contributed by atoms with E-state index in [1.165, 1.54) is 29.1 Å². The van der Waals surface area contributed by atoms with Gasteiger partial charge in [-0.05, 0) is 38.1 Å². The normalized spacial score (nSPS) is 17.3. The second kappa shape index (κ2) is 5.82. The predicted octanol–water partition coefficient (Wildman–Crippen LogP) is 3.41. The number of thiazole rings is 1. The van der Waals surface area contributed by atoms with Crippen LogP contribution in [0, 0.1) is 0 Å². The smallest absolute Gasteiger partial charge is 0.112 e. The standard InChI is InChI=1S/C17H20N4S/c1-20-16-5-3-2-4-15(16)19-17(20)13-6-8-21(9-7-13)11-14-10-18-12-22-14/h2-5,10,12-13H,6-9,11H2,1H3. The fourth-order valence-electron chi connectivity index (χ4n) is 3.42. The van der Waals surface area contributed by atoms with Gasteiger partial charge in [-0.25, -0.2) is 4.98 Å². The predicted molar refractivity (Wildman–Crippen MR) is 90.1 cm³/mol. The first-order chi connectivity index (χ1) is 10.8. The fraction of sp³-hybridized carbons (Fsp3) is 0.412. The van der Waals surface area contributed by atoms with Gasteiger partial charge in [-0.15, -0.1) is 11.3 Å². The van der Waals surface area contributed by atoms with E-state index in [0.717, 1.165) is 25.2 Å². The van der Waals surface area contributed by atoms with Gasteiger partial charge in [0.25, 0.3) is 0 Å². The molecule has 1 aromatic carbocycles. The number of hydrogen-bond acceptors (Lipinski definition) is 4. The Bertz CT molecular complexity index is 754. The van der Waals surface area contributed by atoms with Crippen molar-refractivity contribution >= 4 is 22.4 Å². The minimum absolute atomic E-state index is 0.579. The van der Waals surface area contributed by atoms with Crippen molar-refractivity contribution in [3.63, 3.8) is 0 Å². The van der Waals surface area contributed by atoms with Gasteiger partial charge in [0.15, 0.2) is 0 Å². The molecule has 3 heterocycles. The second-order valence-electron chi connectivity index (χ2n) is 6.04. The van der Waals surface area contributed by atoms with Crippen molar-refractivity contribution in [3.05, 3.63) is 46.7 Å². The summed E-state index contributed by atoms with van der Waals surface area (Å²) in [4.78, 5) is 12.9. The number of fused-ring (bicyclic) bond motifs is 1. The van der Waals surface area contributed by atoms with Crippen molar-refractivity contribution in [2.75, 3.05) is 13.1 Å². The zero-order valence-electron chi connectivity index (χ0n) is 12.8. The van der Waals surface area contributed by atoms with Crippen molar-refractivity contribution in [2.24, 2.45) is 7.05 Å². The Morgan fingerprint density at radius 1 is 1.23 bits per heavy atom. The first-order valence-electron chi connectivity index (χ1n) is 7.82. The second-order valence-corrected chi connectivity index (χ2v) is 7.01. The van der Waals surface area contributed by atoms with Crippen LogP contribution >= 0.6 is 11.3 Å². The number of aryl methyl sites for hydroxylation is 1. The van der Waals surface area contributed by atoms with Crippen molar-refractivity contribution in [3.8, 4) is 0 Å². The molecule has 0 radical (unpaired) electrons. The highest BCUT2D eigenvalue weighted by molar-refractivity contribution is 7.09. The number of piperidine rings is 1. The van der Waals surface area contributed by atoms with E-state index >= 15 is 0 Å². The van der Waals surface area contributed by atoms with E-state index in [1.54, 1.807) is 11.3 Å². The number of nitrogens with zero attached hydrogens (tertiary/aromatic N) is 4. The van der Waals surface area contributed by atoms with Crippen LogP contribution in [0.15, 0.2) is 36.0 Å². The molecule has 0 saturated carbocycles. The third-order valence-electron chi connectivity index (χ3n) is 4.64. The monoisotopic (exact) mass is 312 g/mol. The number of likely N-dealkylation sites (tertiary alicyclic amines) is 1. The van der Waals surface area contributed by atoms with Crippen LogP contribution in [-0.4, -0.2) is 32.5 Å². The maximum absolute atomic E-state index is 4.87. The molecule has 1 aliphatic heterocycles. The molecule has 0 amide bonds. The number of rotatable bonds is 3. The lowest BCUT2D eigenvalue weighted by molar-refractivity contribution is 0.202. The maximum atomic E-state index is 4.87. The first kappa shape index (κ1) is 13.9. The van der Waals surface area contributed by atoms with Gasteiger partial charge in [-0.2, -0.15) is 0 Å². The van der Waals surface area contributed by atoms with Crippen LogP contribution in [0.25, 0.3) is 11.0 Å². The quantitative estimate of drug-likeness (QED) is 0.743. The molecular formula is C17H20N4S. The van der Waals surface area contributed by atoms with Gasteiger partial charge in [0, 0.05) is 30.6 Å². The van der Waals surface area contributed by atoms with Gasteiger partial charge in [0.2, 0.25) is 0 Å². The third-order valence-corrected chi connectivity index (χ3v) is 5.40. The van der Waals surface area contributed by atoms with Crippen LogP contribution in [0.4, 0.5) is 0 Å². The molecule has 114 valence electrons. The van der Waals surface area contributed by atoms with Gasteiger partial charge in [0.1, 0.15) is 5.82 Å². The molecule has 4 nitrogen and oxygen atoms in total. The number of hydrogen-bond donors (Lipinski definition) is 0. The lowest BCUT2D eigenvalue weighted by Crippen LogP contribution is -2.32. The van der Waals surface area contributed by atoms with Gasteiger partial charge < -0.3 is 4.57 Å². The van der Waals surface area contributed by atoms with Crippen LogP contribution in [0.5, 0.6) is 0 Å². The number of imidazole rings is 1. The fourth-order valence-corrected chi connectivity index (χ4v) is 4.06.